The van der Waals surface area contributed by atoms with Gasteiger partial charge in [0, 0.05) is 25.1 Å². The van der Waals surface area contributed by atoms with Crippen molar-refractivity contribution in [3.8, 4) is 0 Å². The van der Waals surface area contributed by atoms with E-state index < -0.39 is 29.6 Å². The van der Waals surface area contributed by atoms with Crippen molar-refractivity contribution in [2.75, 3.05) is 23.8 Å². The number of anilines is 2. The maximum absolute atomic E-state index is 13.0. The Balaban J connectivity index is 1.81. The lowest BCUT2D eigenvalue weighted by molar-refractivity contribution is -0.137. The fourth-order valence-electron chi connectivity index (χ4n) is 3.37. The van der Waals surface area contributed by atoms with Crippen molar-refractivity contribution in [3.63, 3.8) is 0 Å². The van der Waals surface area contributed by atoms with E-state index in [1.807, 2.05) is 0 Å². The van der Waals surface area contributed by atoms with Gasteiger partial charge in [-0.25, -0.2) is 0 Å². The summed E-state index contributed by atoms with van der Waals surface area (Å²) < 4.78 is 38.8. The summed E-state index contributed by atoms with van der Waals surface area (Å²) in [5.41, 5.74) is -0.123. The van der Waals surface area contributed by atoms with E-state index in [0.29, 0.717) is 11.4 Å². The number of benzene rings is 2. The van der Waals surface area contributed by atoms with Crippen molar-refractivity contribution in [2.24, 2.45) is 0 Å². The molecule has 2 aromatic carbocycles. The number of halogens is 3. The largest absolute Gasteiger partial charge is 0.416 e. The van der Waals surface area contributed by atoms with E-state index in [1.54, 1.807) is 31.2 Å². The summed E-state index contributed by atoms with van der Waals surface area (Å²) in [6.45, 7) is 1.36. The first-order valence-corrected chi connectivity index (χ1v) is 9.21. The van der Waals surface area contributed by atoms with Gasteiger partial charge in [0.25, 0.3) is 5.91 Å². The highest BCUT2D eigenvalue weighted by Gasteiger charge is 2.33. The Bertz CT molecular complexity index is 991. The molecule has 1 aliphatic rings. The van der Waals surface area contributed by atoms with Gasteiger partial charge in [0.15, 0.2) is 0 Å². The number of nitrogens with one attached hydrogen (secondary N) is 1. The first-order valence-electron chi connectivity index (χ1n) is 9.21. The number of hydrogen-bond donors (Lipinski definition) is 1. The molecule has 0 saturated heterocycles. The van der Waals surface area contributed by atoms with Gasteiger partial charge in [-0.15, -0.1) is 0 Å². The molecule has 0 aromatic heterocycles. The van der Waals surface area contributed by atoms with Gasteiger partial charge in [-0.3, -0.25) is 14.4 Å². The summed E-state index contributed by atoms with van der Waals surface area (Å²) in [4.78, 5) is 40.2. The molecule has 30 heavy (non-hydrogen) atoms. The van der Waals surface area contributed by atoms with E-state index in [-0.39, 0.29) is 24.4 Å². The summed E-state index contributed by atoms with van der Waals surface area (Å²) in [6.07, 6.45) is -4.50. The first kappa shape index (κ1) is 21.4. The second-order valence-corrected chi connectivity index (χ2v) is 7.12. The van der Waals surface area contributed by atoms with Gasteiger partial charge < -0.3 is 15.1 Å². The molecule has 0 radical (unpaired) electrons. The minimum atomic E-state index is -4.57. The zero-order chi connectivity index (χ0) is 22.1. The average Bonchev–Trinajstić information content (AvgIpc) is 2.80. The molecular weight excluding hydrogens is 399 g/mol. The molecule has 0 spiro atoms. The molecule has 0 aliphatic carbocycles. The maximum atomic E-state index is 13.0. The van der Waals surface area contributed by atoms with Crippen LogP contribution in [0.4, 0.5) is 24.5 Å². The van der Waals surface area contributed by atoms with Crippen molar-refractivity contribution in [2.45, 2.75) is 25.6 Å². The highest BCUT2D eigenvalue weighted by atomic mass is 19.4. The quantitative estimate of drug-likeness (QED) is 0.828. The van der Waals surface area contributed by atoms with E-state index >= 15 is 0 Å². The van der Waals surface area contributed by atoms with E-state index in [9.17, 15) is 27.6 Å². The van der Waals surface area contributed by atoms with E-state index in [2.05, 4.69) is 5.32 Å². The van der Waals surface area contributed by atoms with Gasteiger partial charge in [0.2, 0.25) is 11.8 Å². The van der Waals surface area contributed by atoms with Gasteiger partial charge in [-0.2, -0.15) is 13.2 Å². The fourth-order valence-corrected chi connectivity index (χ4v) is 3.37. The third kappa shape index (κ3) is 4.45. The van der Waals surface area contributed by atoms with Crippen molar-refractivity contribution >= 4 is 29.1 Å². The monoisotopic (exact) mass is 419 g/mol. The zero-order valence-electron chi connectivity index (χ0n) is 16.4. The molecule has 3 amide bonds. The number of nitrogens with zero attached hydrogens (tertiary/aromatic N) is 2. The van der Waals surface area contributed by atoms with Crippen LogP contribution in [0.3, 0.4) is 0 Å². The lowest BCUT2D eigenvalue weighted by atomic mass is 10.1. The lowest BCUT2D eigenvalue weighted by Gasteiger charge is -2.29. The Morgan fingerprint density at radius 2 is 1.87 bits per heavy atom. The molecule has 0 saturated carbocycles. The van der Waals surface area contributed by atoms with Gasteiger partial charge >= 0.3 is 6.18 Å². The molecule has 1 aliphatic heterocycles. The molecule has 1 N–H and O–H groups in total. The predicted molar refractivity (Wildman–Crippen MR) is 105 cm³/mol. The van der Waals surface area contributed by atoms with Crippen LogP contribution >= 0.6 is 0 Å². The summed E-state index contributed by atoms with van der Waals surface area (Å²) in [5.74, 6) is -1.40. The topological polar surface area (TPSA) is 69.7 Å². The molecule has 0 fully saturated rings. The molecule has 3 rings (SSSR count). The van der Waals surface area contributed by atoms with E-state index in [1.165, 1.54) is 18.0 Å². The van der Waals surface area contributed by atoms with Gasteiger partial charge in [0.1, 0.15) is 6.54 Å². The van der Waals surface area contributed by atoms with Crippen LogP contribution in [0, 0.1) is 0 Å². The molecular formula is C21H20F3N3O3. The highest BCUT2D eigenvalue weighted by Crippen LogP contribution is 2.32. The van der Waals surface area contributed by atoms with Crippen molar-refractivity contribution in [1.29, 1.82) is 0 Å². The molecule has 6 nitrogen and oxygen atoms in total. The Morgan fingerprint density at radius 1 is 1.17 bits per heavy atom. The number of para-hydroxylation sites is 2. The van der Waals surface area contributed by atoms with Crippen molar-refractivity contribution in [1.82, 2.24) is 4.90 Å². The second-order valence-electron chi connectivity index (χ2n) is 7.12. The lowest BCUT2D eigenvalue weighted by Crippen LogP contribution is -2.45. The number of fused-ring (bicyclic) bond motifs is 1. The molecule has 1 heterocycles. The fraction of sp³-hybridized carbons (Fsp3) is 0.286. The Hall–Kier alpha value is -3.36. The number of hydrogen-bond acceptors (Lipinski definition) is 3. The number of rotatable bonds is 3. The summed E-state index contributed by atoms with van der Waals surface area (Å²) in [6, 6.07) is 10.4. The summed E-state index contributed by atoms with van der Waals surface area (Å²) in [7, 11) is 1.35. The van der Waals surface area contributed by atoms with Crippen LogP contribution in [0.5, 0.6) is 0 Å². The Morgan fingerprint density at radius 3 is 2.57 bits per heavy atom. The minimum absolute atomic E-state index is 0.0751. The molecule has 9 heteroatoms. The van der Waals surface area contributed by atoms with Crippen LogP contribution in [0.1, 0.15) is 29.3 Å². The third-order valence-corrected chi connectivity index (χ3v) is 4.78. The number of alkyl halides is 3. The highest BCUT2D eigenvalue weighted by molar-refractivity contribution is 6.06. The molecule has 2 aromatic rings. The maximum Gasteiger partial charge on any atom is 0.416 e. The minimum Gasteiger partial charge on any atom is -0.332 e. The van der Waals surface area contributed by atoms with Crippen LogP contribution in [0.25, 0.3) is 0 Å². The van der Waals surface area contributed by atoms with Crippen molar-refractivity contribution in [3.05, 3.63) is 59.7 Å². The van der Waals surface area contributed by atoms with Gasteiger partial charge in [-0.05, 0) is 37.3 Å². The standard InChI is InChI=1S/C21H20F3N3O3/c1-13-10-18(28)25-16-8-3-4-9-17(16)27(13)19(29)12-26(2)20(30)14-6-5-7-15(11-14)21(22,23)24/h3-9,11,13H,10,12H2,1-2H3,(H,25,28)/t13-/m0/s1. The zero-order valence-corrected chi connectivity index (χ0v) is 16.4. The third-order valence-electron chi connectivity index (χ3n) is 4.78. The Kier molecular flexibility index (Phi) is 5.82. The molecule has 0 bridgehead atoms. The predicted octanol–water partition coefficient (Wildman–Crippen LogP) is 3.54. The first-order chi connectivity index (χ1) is 14.1. The second kappa shape index (κ2) is 8.17. The van der Waals surface area contributed by atoms with Crippen LogP contribution < -0.4 is 10.2 Å². The number of likely N-dealkylation sites (N-methyl/N-ethyl adjacent to an activating group) is 1. The van der Waals surface area contributed by atoms with Crippen LogP contribution in [-0.4, -0.2) is 42.3 Å². The van der Waals surface area contributed by atoms with Crippen LogP contribution in [0.15, 0.2) is 48.5 Å². The van der Waals surface area contributed by atoms with Gasteiger partial charge in [-0.1, -0.05) is 18.2 Å². The van der Waals surface area contributed by atoms with E-state index in [4.69, 9.17) is 0 Å². The summed E-state index contributed by atoms with van der Waals surface area (Å²) >= 11 is 0. The normalized spacial score (nSPS) is 16.4. The smallest absolute Gasteiger partial charge is 0.332 e. The molecule has 158 valence electrons. The van der Waals surface area contributed by atoms with Crippen LogP contribution in [0.2, 0.25) is 0 Å². The number of carbonyl (C=O) groups excluding carboxylic acids is 3. The number of carbonyl (C=O) groups is 3. The average molecular weight is 419 g/mol. The van der Waals surface area contributed by atoms with Gasteiger partial charge in [0.05, 0.1) is 16.9 Å². The number of amides is 3. The SMILES string of the molecule is C[C@H]1CC(=O)Nc2ccccc2N1C(=O)CN(C)C(=O)c1cccc(C(F)(F)F)c1. The summed E-state index contributed by atoms with van der Waals surface area (Å²) in [5, 5.41) is 2.74. The molecule has 0 unspecified atom stereocenters. The molecule has 1 atom stereocenters. The van der Waals surface area contributed by atoms with Crippen molar-refractivity contribution < 1.29 is 27.6 Å². The Labute approximate surface area is 171 Å². The van der Waals surface area contributed by atoms with Crippen LogP contribution in [-0.2, 0) is 15.8 Å². The van der Waals surface area contributed by atoms with E-state index in [0.717, 1.165) is 23.1 Å².